The van der Waals surface area contributed by atoms with E-state index in [0.29, 0.717) is 25.1 Å². The molecule has 1 aliphatic rings. The van der Waals surface area contributed by atoms with Crippen LogP contribution in [0.3, 0.4) is 0 Å². The van der Waals surface area contributed by atoms with E-state index >= 15 is 0 Å². The third-order valence-electron chi connectivity index (χ3n) is 4.58. The smallest absolute Gasteiger partial charge is 0.211 e. The molecule has 1 saturated heterocycles. The van der Waals surface area contributed by atoms with E-state index in [1.165, 1.54) is 18.4 Å². The van der Waals surface area contributed by atoms with Gasteiger partial charge in [-0.05, 0) is 31.9 Å². The first-order valence-corrected chi connectivity index (χ1v) is 10.9. The summed E-state index contributed by atoms with van der Waals surface area (Å²) in [6.07, 6.45) is 2.39. The normalized spacial score (nSPS) is 18.8. The first-order chi connectivity index (χ1) is 12.5. The van der Waals surface area contributed by atoms with Crippen molar-refractivity contribution in [3.8, 4) is 0 Å². The molecule has 0 aromatic heterocycles. The van der Waals surface area contributed by atoms with Gasteiger partial charge in [0, 0.05) is 39.3 Å². The van der Waals surface area contributed by atoms with Gasteiger partial charge in [0.2, 0.25) is 10.0 Å². The summed E-state index contributed by atoms with van der Waals surface area (Å²) in [5, 5.41) is 6.51. The number of hydrogen-bond donors (Lipinski definition) is 3. The Hall–Kier alpha value is -1.64. The molecule has 1 atom stereocenters. The fourth-order valence-corrected chi connectivity index (χ4v) is 3.69. The second-order valence-electron chi connectivity index (χ2n) is 6.43. The van der Waals surface area contributed by atoms with E-state index in [1.807, 2.05) is 6.07 Å². The third kappa shape index (κ3) is 6.93. The Labute approximate surface area is 157 Å². The summed E-state index contributed by atoms with van der Waals surface area (Å²) < 4.78 is 25.4. The van der Waals surface area contributed by atoms with Crippen LogP contribution in [0, 0.1) is 0 Å². The molecule has 1 fully saturated rings. The summed E-state index contributed by atoms with van der Waals surface area (Å²) in [7, 11) is -1.42. The van der Waals surface area contributed by atoms with Gasteiger partial charge in [0.15, 0.2) is 5.96 Å². The fraction of sp³-hybridized carbons (Fsp3) is 0.611. The van der Waals surface area contributed by atoms with Crippen molar-refractivity contribution in [3.05, 3.63) is 35.9 Å². The molecule has 3 N–H and O–H groups in total. The van der Waals surface area contributed by atoms with Crippen LogP contribution in [-0.2, 0) is 16.6 Å². The highest BCUT2D eigenvalue weighted by Gasteiger charge is 2.24. The molecule has 1 aromatic carbocycles. The molecule has 1 unspecified atom stereocenters. The van der Waals surface area contributed by atoms with Gasteiger partial charge in [-0.25, -0.2) is 13.1 Å². The summed E-state index contributed by atoms with van der Waals surface area (Å²) >= 11 is 0. The highest BCUT2D eigenvalue weighted by Crippen LogP contribution is 2.19. The van der Waals surface area contributed by atoms with Crippen molar-refractivity contribution in [2.45, 2.75) is 32.4 Å². The van der Waals surface area contributed by atoms with E-state index in [4.69, 9.17) is 0 Å². The number of nitrogens with one attached hydrogen (secondary N) is 3. The molecule has 1 aliphatic heterocycles. The molecule has 1 aromatic rings. The van der Waals surface area contributed by atoms with E-state index < -0.39 is 10.0 Å². The molecular weight excluding hydrogens is 350 g/mol. The number of likely N-dealkylation sites (tertiary alicyclic amines) is 1. The number of benzene rings is 1. The second kappa shape index (κ2) is 10.5. The Morgan fingerprint density at radius 3 is 2.69 bits per heavy atom. The lowest BCUT2D eigenvalue weighted by molar-refractivity contribution is 0.245. The van der Waals surface area contributed by atoms with Gasteiger partial charge in [-0.3, -0.25) is 9.89 Å². The van der Waals surface area contributed by atoms with Gasteiger partial charge in [-0.1, -0.05) is 30.3 Å². The minimum absolute atomic E-state index is 0.0961. The molecular formula is C18H31N5O2S. The van der Waals surface area contributed by atoms with Crippen LogP contribution in [0.5, 0.6) is 0 Å². The van der Waals surface area contributed by atoms with Gasteiger partial charge >= 0.3 is 0 Å². The Balaban J connectivity index is 1.73. The van der Waals surface area contributed by atoms with Crippen LogP contribution < -0.4 is 15.4 Å². The molecule has 0 spiro atoms. The Kier molecular flexibility index (Phi) is 8.34. The van der Waals surface area contributed by atoms with Gasteiger partial charge in [0.1, 0.15) is 0 Å². The molecule has 0 saturated carbocycles. The molecule has 8 heteroatoms. The minimum Gasteiger partial charge on any atom is -0.355 e. The van der Waals surface area contributed by atoms with E-state index in [1.54, 1.807) is 14.0 Å². The lowest BCUT2D eigenvalue weighted by atomic mass is 10.2. The van der Waals surface area contributed by atoms with Crippen molar-refractivity contribution in [3.63, 3.8) is 0 Å². The van der Waals surface area contributed by atoms with Crippen LogP contribution >= 0.6 is 0 Å². The van der Waals surface area contributed by atoms with Crippen molar-refractivity contribution >= 4 is 16.0 Å². The fourth-order valence-electron chi connectivity index (χ4n) is 3.08. The number of hydrogen-bond acceptors (Lipinski definition) is 4. The highest BCUT2D eigenvalue weighted by molar-refractivity contribution is 7.89. The first kappa shape index (κ1) is 20.7. The number of rotatable bonds is 9. The Morgan fingerprint density at radius 1 is 1.23 bits per heavy atom. The maximum atomic E-state index is 11.4. The standard InChI is InChI=1S/C18H31N5O2S/c1-3-26(24,25)22-12-11-20-18(19-2)21-14-17-10-7-13-23(17)15-16-8-5-4-6-9-16/h4-6,8-9,17,22H,3,7,10-15H2,1-2H3,(H2,19,20,21). The molecule has 2 rings (SSSR count). The monoisotopic (exact) mass is 381 g/mol. The molecule has 26 heavy (non-hydrogen) atoms. The van der Waals surface area contributed by atoms with Crippen LogP contribution in [0.4, 0.5) is 0 Å². The van der Waals surface area contributed by atoms with Gasteiger partial charge in [-0.2, -0.15) is 0 Å². The summed E-state index contributed by atoms with van der Waals surface area (Å²) in [5.41, 5.74) is 1.34. The lowest BCUT2D eigenvalue weighted by Gasteiger charge is -2.25. The first-order valence-electron chi connectivity index (χ1n) is 9.24. The number of aliphatic imine (C=N–C) groups is 1. The number of guanidine groups is 1. The summed E-state index contributed by atoms with van der Waals surface area (Å²) in [6.45, 7) is 5.38. The van der Waals surface area contributed by atoms with E-state index in [-0.39, 0.29) is 5.75 Å². The molecule has 0 radical (unpaired) electrons. The average Bonchev–Trinajstić information content (AvgIpc) is 3.09. The SMILES string of the molecule is CCS(=O)(=O)NCCNC(=NC)NCC1CCCN1Cc1ccccc1. The predicted octanol–water partition coefficient (Wildman–Crippen LogP) is 0.755. The largest absolute Gasteiger partial charge is 0.355 e. The molecule has 7 nitrogen and oxygen atoms in total. The quantitative estimate of drug-likeness (QED) is 0.334. The minimum atomic E-state index is -3.14. The van der Waals surface area contributed by atoms with Crippen LogP contribution in [0.2, 0.25) is 0 Å². The Morgan fingerprint density at radius 2 is 2.00 bits per heavy atom. The lowest BCUT2D eigenvalue weighted by Crippen LogP contribution is -2.46. The van der Waals surface area contributed by atoms with Gasteiger partial charge in [-0.15, -0.1) is 0 Å². The maximum absolute atomic E-state index is 11.4. The van der Waals surface area contributed by atoms with Crippen molar-refractivity contribution in [1.29, 1.82) is 0 Å². The molecule has 0 amide bonds. The summed E-state index contributed by atoms with van der Waals surface area (Å²) in [4.78, 5) is 6.72. The zero-order valence-corrected chi connectivity index (χ0v) is 16.6. The molecule has 0 aliphatic carbocycles. The molecule has 1 heterocycles. The number of sulfonamides is 1. The van der Waals surface area contributed by atoms with Crippen LogP contribution in [0.25, 0.3) is 0 Å². The van der Waals surface area contributed by atoms with Crippen LogP contribution in [0.15, 0.2) is 35.3 Å². The van der Waals surface area contributed by atoms with E-state index in [9.17, 15) is 8.42 Å². The Bertz CT molecular complexity index is 663. The average molecular weight is 382 g/mol. The second-order valence-corrected chi connectivity index (χ2v) is 8.53. The zero-order valence-electron chi connectivity index (χ0n) is 15.7. The van der Waals surface area contributed by atoms with Crippen molar-refractivity contribution in [2.75, 3.05) is 39.0 Å². The topological polar surface area (TPSA) is 85.8 Å². The zero-order chi connectivity index (χ0) is 18.8. The highest BCUT2D eigenvalue weighted by atomic mass is 32.2. The summed E-state index contributed by atoms with van der Waals surface area (Å²) in [5.74, 6) is 0.797. The van der Waals surface area contributed by atoms with E-state index in [0.717, 1.165) is 19.6 Å². The van der Waals surface area contributed by atoms with E-state index in [2.05, 4.69) is 49.5 Å². The van der Waals surface area contributed by atoms with Crippen molar-refractivity contribution in [1.82, 2.24) is 20.3 Å². The van der Waals surface area contributed by atoms with Gasteiger partial charge in [0.05, 0.1) is 5.75 Å². The maximum Gasteiger partial charge on any atom is 0.211 e. The predicted molar refractivity (Wildman–Crippen MR) is 107 cm³/mol. The summed E-state index contributed by atoms with van der Waals surface area (Å²) in [6, 6.07) is 11.0. The number of nitrogens with zero attached hydrogens (tertiary/aromatic N) is 2. The molecule has 0 bridgehead atoms. The van der Waals surface area contributed by atoms with Crippen LogP contribution in [-0.4, -0.2) is 64.3 Å². The van der Waals surface area contributed by atoms with Crippen molar-refractivity contribution < 1.29 is 8.42 Å². The third-order valence-corrected chi connectivity index (χ3v) is 5.98. The molecule has 146 valence electrons. The van der Waals surface area contributed by atoms with Gasteiger partial charge in [0.25, 0.3) is 0 Å². The van der Waals surface area contributed by atoms with Crippen molar-refractivity contribution in [2.24, 2.45) is 4.99 Å². The van der Waals surface area contributed by atoms with Gasteiger partial charge < -0.3 is 10.6 Å². The van der Waals surface area contributed by atoms with Crippen LogP contribution in [0.1, 0.15) is 25.3 Å².